The average Bonchev–Trinajstić information content (AvgIpc) is 3.38. The monoisotopic (exact) mass is 1080 g/mol. The number of esters is 1. The second kappa shape index (κ2) is 27.8. The number of hydrogen-bond donors (Lipinski definition) is 11. The van der Waals surface area contributed by atoms with Crippen LogP contribution in [0.2, 0.25) is 0 Å². The minimum Gasteiger partial charge on any atom is -0.508 e. The maximum absolute atomic E-state index is 15.0. The highest BCUT2D eigenvalue weighted by Gasteiger charge is 2.46. The number of benzene rings is 2. The molecule has 1 aliphatic carbocycles. The van der Waals surface area contributed by atoms with Crippen LogP contribution in [0, 0.1) is 17.8 Å². The standard InChI is InChI=1S/C54H76N8O15/c1-7-29(4)45-54(76)77-30(5)46(60-47(69)37(20-22-43(55)67)56-50(72)42(66)27-33-12-18-36(65)19-13-33)51(73)58-39(25-31-8-14-34(63)15-9-31)48(70)57-38-21-23-44(68)62(52(38)74)41(24-28(2)3)53(75)61(6)40(49(71)59-45)26-32-10-16-35(64)17-11-32/h8,10-14,16-19,28-31,34,37-42,44-46,63-66,68H,7,9,15,20-27H2,1-6H3,(H2,55,67)(H,56,72)(H,57,70)(H,58,73)(H,59,71)(H,60,69)/t29-,30-,31+,34-,37+,38+,39-,40+,41+,42+,44+,45+,46+/m1/s1. The molecule has 0 unspecified atom stereocenters. The van der Waals surface area contributed by atoms with Crippen molar-refractivity contribution in [3.8, 4) is 11.5 Å². The number of ether oxygens (including phenoxy) is 1. The Balaban J connectivity index is 1.61. The van der Waals surface area contributed by atoms with E-state index in [1.807, 2.05) is 0 Å². The summed E-state index contributed by atoms with van der Waals surface area (Å²) < 4.78 is 5.96. The number of aliphatic hydroxyl groups excluding tert-OH is 3. The van der Waals surface area contributed by atoms with Gasteiger partial charge in [0.1, 0.15) is 72.2 Å². The van der Waals surface area contributed by atoms with Crippen LogP contribution in [0.1, 0.15) is 104 Å². The van der Waals surface area contributed by atoms with E-state index in [0.29, 0.717) is 24.0 Å². The van der Waals surface area contributed by atoms with Crippen LogP contribution in [0.25, 0.3) is 0 Å². The van der Waals surface area contributed by atoms with Gasteiger partial charge in [-0.3, -0.25) is 38.4 Å². The van der Waals surface area contributed by atoms with Gasteiger partial charge < -0.3 is 72.4 Å². The van der Waals surface area contributed by atoms with Crippen LogP contribution in [-0.4, -0.2) is 162 Å². The van der Waals surface area contributed by atoms with Crippen molar-refractivity contribution in [2.75, 3.05) is 7.05 Å². The third-order valence-electron chi connectivity index (χ3n) is 14.4. The van der Waals surface area contributed by atoms with Gasteiger partial charge in [0, 0.05) is 26.3 Å². The van der Waals surface area contributed by atoms with E-state index in [1.54, 1.807) is 52.0 Å². The van der Waals surface area contributed by atoms with Gasteiger partial charge in [-0.2, -0.15) is 0 Å². The molecule has 23 heteroatoms. The molecule has 0 saturated carbocycles. The highest BCUT2D eigenvalue weighted by Crippen LogP contribution is 2.28. The van der Waals surface area contributed by atoms with Gasteiger partial charge in [-0.1, -0.05) is 70.5 Å². The molecule has 0 radical (unpaired) electrons. The van der Waals surface area contributed by atoms with Crippen LogP contribution in [0.3, 0.4) is 0 Å². The topological polar surface area (TPSA) is 357 Å². The number of phenolic OH excluding ortho intramolecular Hbond substituents is 2. The summed E-state index contributed by atoms with van der Waals surface area (Å²) in [5, 5.41) is 65.4. The molecule has 8 amide bonds. The molecular weight excluding hydrogens is 1000 g/mol. The number of phenols is 2. The number of rotatable bonds is 17. The van der Waals surface area contributed by atoms with Gasteiger partial charge in [0.05, 0.1) is 6.10 Å². The van der Waals surface area contributed by atoms with Gasteiger partial charge in [-0.25, -0.2) is 4.79 Å². The molecule has 0 aromatic heterocycles. The van der Waals surface area contributed by atoms with Crippen LogP contribution in [-0.2, 0) is 60.7 Å². The molecule has 3 aliphatic rings. The Labute approximate surface area is 447 Å². The van der Waals surface area contributed by atoms with Crippen LogP contribution < -0.4 is 32.3 Å². The van der Waals surface area contributed by atoms with Crippen LogP contribution >= 0.6 is 0 Å². The number of carbonyl (C=O) groups is 9. The second-order valence-corrected chi connectivity index (χ2v) is 20.9. The number of amides is 8. The first kappa shape index (κ1) is 60.8. The summed E-state index contributed by atoms with van der Waals surface area (Å²) in [7, 11) is 1.35. The average molecular weight is 1080 g/mol. The summed E-state index contributed by atoms with van der Waals surface area (Å²) >= 11 is 0. The van der Waals surface area contributed by atoms with Crippen LogP contribution in [0.5, 0.6) is 11.5 Å². The van der Waals surface area contributed by atoms with Crippen LogP contribution in [0.4, 0.5) is 0 Å². The number of primary amides is 1. The predicted molar refractivity (Wildman–Crippen MR) is 277 cm³/mol. The zero-order valence-corrected chi connectivity index (χ0v) is 44.4. The number of allylic oxidation sites excluding steroid dienone is 1. The number of piperidine rings is 1. The van der Waals surface area contributed by atoms with Crippen molar-refractivity contribution in [3.05, 3.63) is 71.8 Å². The summed E-state index contributed by atoms with van der Waals surface area (Å²) in [6.07, 6.45) is -3.06. The molecule has 2 aromatic rings. The molecule has 2 saturated heterocycles. The zero-order valence-electron chi connectivity index (χ0n) is 44.4. The third kappa shape index (κ3) is 16.9. The molecule has 422 valence electrons. The molecule has 23 nitrogen and oxygen atoms in total. The number of hydrogen-bond acceptors (Lipinski definition) is 15. The quantitative estimate of drug-likeness (QED) is 0.0724. The van der Waals surface area contributed by atoms with E-state index >= 15 is 0 Å². The molecule has 2 heterocycles. The Kier molecular flexibility index (Phi) is 21.9. The van der Waals surface area contributed by atoms with Crippen molar-refractivity contribution in [2.24, 2.45) is 23.5 Å². The molecule has 2 fully saturated rings. The van der Waals surface area contributed by atoms with Gasteiger partial charge in [0.25, 0.3) is 0 Å². The summed E-state index contributed by atoms with van der Waals surface area (Å²) in [6, 6.07) is 0.875. The highest BCUT2D eigenvalue weighted by atomic mass is 16.5. The molecule has 13 atom stereocenters. The number of aromatic hydroxyl groups is 2. The summed E-state index contributed by atoms with van der Waals surface area (Å²) in [4.78, 5) is 131. The second-order valence-electron chi connectivity index (χ2n) is 20.9. The van der Waals surface area contributed by atoms with Crippen molar-refractivity contribution in [2.45, 2.75) is 172 Å². The van der Waals surface area contributed by atoms with E-state index in [4.69, 9.17) is 10.5 Å². The van der Waals surface area contributed by atoms with Crippen molar-refractivity contribution in [1.82, 2.24) is 36.4 Å². The van der Waals surface area contributed by atoms with Gasteiger partial charge in [0.2, 0.25) is 47.3 Å². The minimum atomic E-state index is -1.90. The number of aliphatic hydroxyl groups is 3. The lowest BCUT2D eigenvalue weighted by atomic mass is 9.88. The van der Waals surface area contributed by atoms with E-state index in [9.17, 15) is 68.7 Å². The Hall–Kier alpha value is -7.11. The molecule has 77 heavy (non-hydrogen) atoms. The number of likely N-dealkylation sites (N-methyl/N-ethyl adjacent to an activating group) is 1. The molecule has 2 aromatic carbocycles. The Morgan fingerprint density at radius 2 is 1.43 bits per heavy atom. The largest absolute Gasteiger partial charge is 0.508 e. The van der Waals surface area contributed by atoms with E-state index in [0.717, 1.165) is 9.80 Å². The molecule has 2 bridgehead atoms. The number of nitrogens with zero attached hydrogens (tertiary/aromatic N) is 2. The molecule has 12 N–H and O–H groups in total. The first-order valence-electron chi connectivity index (χ1n) is 26.2. The van der Waals surface area contributed by atoms with Gasteiger partial charge in [0.15, 0.2) is 0 Å². The molecule has 2 aliphatic heterocycles. The maximum atomic E-state index is 15.0. The van der Waals surface area contributed by atoms with E-state index in [1.165, 1.54) is 50.4 Å². The molecule has 0 spiro atoms. The lowest BCUT2D eigenvalue weighted by Crippen LogP contribution is -2.65. The number of fused-ring (bicyclic) bond motifs is 2. The van der Waals surface area contributed by atoms with Gasteiger partial charge in [-0.15, -0.1) is 0 Å². The lowest BCUT2D eigenvalue weighted by molar-refractivity contribution is -0.166. The fourth-order valence-electron chi connectivity index (χ4n) is 9.62. The van der Waals surface area contributed by atoms with Crippen molar-refractivity contribution >= 4 is 53.2 Å². The normalized spacial score (nSPS) is 27.1. The van der Waals surface area contributed by atoms with Crippen molar-refractivity contribution < 1.29 is 73.4 Å². The van der Waals surface area contributed by atoms with Crippen LogP contribution in [0.15, 0.2) is 60.7 Å². The molecule has 5 rings (SSSR count). The molecular formula is C54H76N8O15. The number of nitrogens with two attached hydrogens (primary N) is 1. The minimum absolute atomic E-state index is 0.0129. The van der Waals surface area contributed by atoms with Gasteiger partial charge >= 0.3 is 5.97 Å². The van der Waals surface area contributed by atoms with Crippen molar-refractivity contribution in [1.29, 1.82) is 0 Å². The fraction of sp³-hybridized carbons (Fsp3) is 0.574. The summed E-state index contributed by atoms with van der Waals surface area (Å²) in [6.45, 7) is 8.24. The highest BCUT2D eigenvalue weighted by molar-refractivity contribution is 5.98. The number of carbonyl (C=O) groups excluding carboxylic acids is 9. The number of nitrogens with one attached hydrogen (secondary N) is 5. The predicted octanol–water partition coefficient (Wildman–Crippen LogP) is -0.175. The van der Waals surface area contributed by atoms with Gasteiger partial charge in [-0.05, 0) is 105 Å². The maximum Gasteiger partial charge on any atom is 0.329 e. The first-order valence-corrected chi connectivity index (χ1v) is 26.2. The Morgan fingerprint density at radius 1 is 0.792 bits per heavy atom. The van der Waals surface area contributed by atoms with Crippen molar-refractivity contribution in [3.63, 3.8) is 0 Å². The SMILES string of the molecule is CC[C@@H](C)[C@@H]1NC(=O)[C@H](Cc2ccc(O)cc2)N(C)C(=O)[C@H](CC(C)C)N2C(=O)[C@H](CC[C@@H]2O)NC(=O)[C@@H](C[C@H]2C=C[C@@H](O)CC2)NC(=O)[C@@H](NC(=O)[C@H](CCC(N)=O)NC(=O)[C@@H](O)Cc2ccc(O)cc2)[C@@H](C)OC1=O. The Bertz CT molecular complexity index is 2460. The van der Waals surface area contributed by atoms with E-state index in [2.05, 4.69) is 26.6 Å². The summed E-state index contributed by atoms with van der Waals surface area (Å²) in [5.41, 5.74) is 6.38. The fourth-order valence-corrected chi connectivity index (χ4v) is 9.62. The van der Waals surface area contributed by atoms with E-state index < -0.39 is 145 Å². The lowest BCUT2D eigenvalue weighted by Gasteiger charge is -2.43. The number of cyclic esters (lactones) is 1. The zero-order chi connectivity index (χ0) is 56.8. The summed E-state index contributed by atoms with van der Waals surface area (Å²) in [5.74, 6) is -9.95. The smallest absolute Gasteiger partial charge is 0.329 e. The van der Waals surface area contributed by atoms with E-state index in [-0.39, 0.29) is 62.4 Å². The first-order chi connectivity index (χ1) is 36.4. The Morgan fingerprint density at radius 3 is 2.01 bits per heavy atom. The third-order valence-corrected chi connectivity index (χ3v) is 14.4.